The van der Waals surface area contributed by atoms with Crippen molar-refractivity contribution in [1.82, 2.24) is 25.0 Å². The number of rotatable bonds is 5. The molecule has 2 atom stereocenters. The highest BCUT2D eigenvalue weighted by Crippen LogP contribution is 2.32. The molecule has 0 radical (unpaired) electrons. The molecule has 4 heterocycles. The number of cyclic esters (lactones) is 1. The van der Waals surface area contributed by atoms with Crippen molar-refractivity contribution in [1.29, 1.82) is 5.26 Å². The molecule has 0 spiro atoms. The molecule has 2 aromatic heterocycles. The summed E-state index contributed by atoms with van der Waals surface area (Å²) in [5, 5.41) is 27.2. The van der Waals surface area contributed by atoms with Gasteiger partial charge in [0.25, 0.3) is 0 Å². The molecule has 1 saturated heterocycles. The Morgan fingerprint density at radius 3 is 2.83 bits per heavy atom. The van der Waals surface area contributed by atoms with E-state index in [-0.39, 0.29) is 18.1 Å². The van der Waals surface area contributed by atoms with Crippen molar-refractivity contribution in [3.8, 4) is 11.9 Å². The van der Waals surface area contributed by atoms with Crippen molar-refractivity contribution in [3.05, 3.63) is 75.7 Å². The molecule has 2 N–H and O–H groups in total. The first kappa shape index (κ1) is 24.3. The monoisotopic (exact) mass is 482 g/mol. The minimum absolute atomic E-state index is 0.0194. The molecule has 11 heteroatoms. The number of hydrogen-bond donors (Lipinski definition) is 2. The molecule has 36 heavy (non-hydrogen) atoms. The number of nitrogens with one attached hydrogen (secondary N) is 1. The molecule has 0 amide bonds. The number of hydrogen-bond acceptors (Lipinski definition) is 8. The fourth-order valence-corrected chi connectivity index (χ4v) is 5.04. The summed E-state index contributed by atoms with van der Waals surface area (Å²) >= 11 is 0. The van der Waals surface area contributed by atoms with E-state index in [2.05, 4.69) is 26.4 Å². The largest absolute Gasteiger partial charge is 0.457 e. The summed E-state index contributed by atoms with van der Waals surface area (Å²) in [6.45, 7) is 6.29. The van der Waals surface area contributed by atoms with Crippen LogP contribution in [0, 0.1) is 25.2 Å². The van der Waals surface area contributed by atoms with Gasteiger partial charge < -0.3 is 15.2 Å². The van der Waals surface area contributed by atoms with Crippen LogP contribution in [0.25, 0.3) is 5.82 Å². The van der Waals surface area contributed by atoms with Gasteiger partial charge in [-0.2, -0.15) is 10.4 Å². The normalized spacial score (nSPS) is 20.1. The van der Waals surface area contributed by atoms with Gasteiger partial charge in [0, 0.05) is 60.6 Å². The molecular formula is C25H28B2N6O3. The molecule has 2 aliphatic rings. The van der Waals surface area contributed by atoms with E-state index in [1.165, 1.54) is 0 Å². The number of pyridine rings is 1. The SMILES string of the molecule is BC(B)(O)C1CN(Cc2cnn(-c3cc(C)c(C#N)cn3)c2)CC(c2ccc3c(c2C)COC3=O)N1. The first-order chi connectivity index (χ1) is 17.1. The maximum atomic E-state index is 12.0. The third kappa shape index (κ3) is 4.55. The zero-order valence-corrected chi connectivity index (χ0v) is 20.9. The van der Waals surface area contributed by atoms with E-state index >= 15 is 0 Å². The van der Waals surface area contributed by atoms with Gasteiger partial charge >= 0.3 is 5.97 Å². The van der Waals surface area contributed by atoms with Gasteiger partial charge in [-0.05, 0) is 42.7 Å². The average molecular weight is 482 g/mol. The fraction of sp³-hybridized carbons (Fsp3) is 0.360. The van der Waals surface area contributed by atoms with Crippen LogP contribution in [0.2, 0.25) is 0 Å². The Kier molecular flexibility index (Phi) is 6.20. The number of aliphatic hydroxyl groups is 1. The molecular weight excluding hydrogens is 454 g/mol. The van der Waals surface area contributed by atoms with Gasteiger partial charge in [-0.3, -0.25) is 4.90 Å². The number of fused-ring (bicyclic) bond motifs is 1. The van der Waals surface area contributed by atoms with Crippen LogP contribution < -0.4 is 5.32 Å². The van der Waals surface area contributed by atoms with Crippen LogP contribution in [0.4, 0.5) is 0 Å². The van der Waals surface area contributed by atoms with Gasteiger partial charge in [0.2, 0.25) is 0 Å². The third-order valence-corrected chi connectivity index (χ3v) is 7.21. The summed E-state index contributed by atoms with van der Waals surface area (Å²) < 4.78 is 6.96. The smallest absolute Gasteiger partial charge is 0.338 e. The van der Waals surface area contributed by atoms with Gasteiger partial charge in [-0.15, -0.1) is 0 Å². The Morgan fingerprint density at radius 1 is 1.31 bits per heavy atom. The number of nitrogens with zero attached hydrogens (tertiary/aromatic N) is 5. The van der Waals surface area contributed by atoms with Gasteiger partial charge in [0.15, 0.2) is 5.82 Å². The second kappa shape index (κ2) is 9.21. The number of carbonyl (C=O) groups excluding carboxylic acids is 1. The highest BCUT2D eigenvalue weighted by atomic mass is 16.5. The third-order valence-electron chi connectivity index (χ3n) is 7.21. The number of carbonyl (C=O) groups is 1. The summed E-state index contributed by atoms with van der Waals surface area (Å²) in [6, 6.07) is 7.67. The molecule has 9 nitrogen and oxygen atoms in total. The molecule has 0 aliphatic carbocycles. The maximum absolute atomic E-state index is 12.0. The van der Waals surface area contributed by atoms with Crippen LogP contribution in [0.15, 0.2) is 36.8 Å². The molecule has 1 aromatic carbocycles. The Bertz CT molecular complexity index is 1380. The number of aryl methyl sites for hydroxylation is 1. The first-order valence-electron chi connectivity index (χ1n) is 12.0. The second-order valence-corrected chi connectivity index (χ2v) is 10.3. The van der Waals surface area contributed by atoms with Crippen LogP contribution in [0.5, 0.6) is 0 Å². The van der Waals surface area contributed by atoms with Crippen molar-refractivity contribution in [3.63, 3.8) is 0 Å². The molecule has 0 saturated carbocycles. The van der Waals surface area contributed by atoms with Gasteiger partial charge in [-0.1, -0.05) is 6.07 Å². The molecule has 0 bridgehead atoms. The molecule has 3 aromatic rings. The number of nitriles is 1. The molecule has 5 rings (SSSR count). The van der Waals surface area contributed by atoms with Crippen molar-refractivity contribution in [2.45, 2.75) is 44.5 Å². The van der Waals surface area contributed by atoms with Crippen LogP contribution >= 0.6 is 0 Å². The number of ether oxygens (including phenoxy) is 1. The van der Waals surface area contributed by atoms with E-state index < -0.39 is 5.40 Å². The predicted octanol–water partition coefficient (Wildman–Crippen LogP) is -0.146. The van der Waals surface area contributed by atoms with E-state index in [0.29, 0.717) is 36.6 Å². The molecule has 2 unspecified atom stereocenters. The minimum Gasteiger partial charge on any atom is -0.457 e. The number of esters is 1. The standard InChI is InChI=1S/C25H28B2N6O3/c1-14-5-23(29-8-17(14)6-28)33-10-16(7-30-33)9-32-11-21(31-22(12-32)25(26,27)35)18-3-4-19-20(15(18)2)13-36-24(19)34/h3-5,7-8,10,21-22,31,35H,9,11-13,26-27H2,1-2H3. The summed E-state index contributed by atoms with van der Waals surface area (Å²) in [5.74, 6) is 0.395. The van der Waals surface area contributed by atoms with E-state index in [4.69, 9.17) is 10.00 Å². The Hall–Kier alpha value is -3.45. The maximum Gasteiger partial charge on any atom is 0.338 e. The highest BCUT2D eigenvalue weighted by Gasteiger charge is 2.37. The summed E-state index contributed by atoms with van der Waals surface area (Å²) in [5.41, 5.74) is 6.19. The van der Waals surface area contributed by atoms with Crippen LogP contribution in [-0.2, 0) is 17.9 Å². The topological polar surface area (TPSA) is 116 Å². The Labute approximate surface area is 211 Å². The lowest BCUT2D eigenvalue weighted by Crippen LogP contribution is -2.62. The lowest BCUT2D eigenvalue weighted by Gasteiger charge is -2.44. The quantitative estimate of drug-likeness (QED) is 0.382. The van der Waals surface area contributed by atoms with Crippen LogP contribution in [0.3, 0.4) is 0 Å². The predicted molar refractivity (Wildman–Crippen MR) is 138 cm³/mol. The zero-order chi connectivity index (χ0) is 25.6. The molecule has 2 aliphatic heterocycles. The average Bonchev–Trinajstić information content (AvgIpc) is 3.46. The zero-order valence-electron chi connectivity index (χ0n) is 20.9. The summed E-state index contributed by atoms with van der Waals surface area (Å²) in [7, 11) is 3.65. The van der Waals surface area contributed by atoms with Crippen molar-refractivity contribution in [2.24, 2.45) is 0 Å². The van der Waals surface area contributed by atoms with Crippen LogP contribution in [-0.4, -0.2) is 71.0 Å². The summed E-state index contributed by atoms with van der Waals surface area (Å²) in [4.78, 5) is 18.7. The van der Waals surface area contributed by atoms with Gasteiger partial charge in [-0.25, -0.2) is 14.5 Å². The lowest BCUT2D eigenvalue weighted by atomic mass is 9.60. The van der Waals surface area contributed by atoms with Crippen molar-refractivity contribution < 1.29 is 14.6 Å². The lowest BCUT2D eigenvalue weighted by molar-refractivity contribution is 0.0534. The van der Waals surface area contributed by atoms with E-state index in [9.17, 15) is 9.90 Å². The van der Waals surface area contributed by atoms with Crippen molar-refractivity contribution >= 4 is 21.7 Å². The second-order valence-electron chi connectivity index (χ2n) is 10.3. The van der Waals surface area contributed by atoms with E-state index in [1.807, 2.05) is 60.1 Å². The number of piperazine rings is 1. The fourth-order valence-electron chi connectivity index (χ4n) is 5.04. The first-order valence-corrected chi connectivity index (χ1v) is 12.0. The van der Waals surface area contributed by atoms with E-state index in [0.717, 1.165) is 34.4 Å². The highest BCUT2D eigenvalue weighted by molar-refractivity contribution is 6.39. The minimum atomic E-state index is -0.922. The molecule has 182 valence electrons. The number of aromatic nitrogens is 3. The number of benzene rings is 1. The Balaban J connectivity index is 1.39. The van der Waals surface area contributed by atoms with Gasteiger partial charge in [0.05, 0.1) is 17.3 Å². The van der Waals surface area contributed by atoms with E-state index in [1.54, 1.807) is 10.9 Å². The van der Waals surface area contributed by atoms with Crippen molar-refractivity contribution in [2.75, 3.05) is 13.1 Å². The Morgan fingerprint density at radius 2 is 2.11 bits per heavy atom. The summed E-state index contributed by atoms with van der Waals surface area (Å²) in [6.07, 6.45) is 5.35. The molecule has 1 fully saturated rings. The van der Waals surface area contributed by atoms with Gasteiger partial charge in [0.1, 0.15) is 28.4 Å². The van der Waals surface area contributed by atoms with Crippen LogP contribution in [0.1, 0.15) is 49.8 Å².